The molecule has 0 aliphatic carbocycles. The van der Waals surface area contributed by atoms with E-state index in [-0.39, 0.29) is 0 Å². The summed E-state index contributed by atoms with van der Waals surface area (Å²) in [6.45, 7) is 9.91. The van der Waals surface area contributed by atoms with Crippen LogP contribution in [0.3, 0.4) is 0 Å². The van der Waals surface area contributed by atoms with Gasteiger partial charge in [0.15, 0.2) is 17.0 Å². The van der Waals surface area contributed by atoms with Crippen molar-refractivity contribution in [2.24, 2.45) is 5.41 Å². The van der Waals surface area contributed by atoms with Gasteiger partial charge in [-0.2, -0.15) is 5.10 Å². The predicted octanol–water partition coefficient (Wildman–Crippen LogP) is 4.41. The maximum atomic E-state index is 4.86. The van der Waals surface area contributed by atoms with Crippen LogP contribution in [0.25, 0.3) is 11.2 Å². The van der Waals surface area contributed by atoms with Crippen molar-refractivity contribution in [1.29, 1.82) is 0 Å². The maximum absolute atomic E-state index is 4.86. The number of H-pyrrole nitrogens is 1. The first kappa shape index (κ1) is 18.3. The molecule has 0 unspecified atom stereocenters. The number of anilines is 3. The van der Waals surface area contributed by atoms with Crippen molar-refractivity contribution in [3.05, 3.63) is 30.2 Å². The van der Waals surface area contributed by atoms with E-state index >= 15 is 0 Å². The molecule has 1 fully saturated rings. The van der Waals surface area contributed by atoms with Crippen LogP contribution in [0, 0.1) is 5.41 Å². The molecule has 2 aliphatic rings. The molecule has 1 N–H and O–H groups in total. The number of nitrogens with one attached hydrogen (secondary N) is 1. The van der Waals surface area contributed by atoms with E-state index in [0.29, 0.717) is 11.3 Å². The third-order valence-corrected chi connectivity index (χ3v) is 7.00. The van der Waals surface area contributed by atoms with Gasteiger partial charge >= 0.3 is 0 Å². The average Bonchev–Trinajstić information content (AvgIpc) is 3.18. The number of aromatic nitrogens is 5. The fraction of sp³-hybridized carbons (Fsp3) is 0.545. The monoisotopic (exact) mass is 391 g/mol. The van der Waals surface area contributed by atoms with E-state index in [1.54, 1.807) is 0 Å². The molecule has 2 aliphatic heterocycles. The Kier molecular flexibility index (Phi) is 4.41. The van der Waals surface area contributed by atoms with E-state index in [1.165, 1.54) is 19.3 Å². The molecule has 0 aromatic carbocycles. The van der Waals surface area contributed by atoms with Crippen LogP contribution < -0.4 is 9.80 Å². The summed E-state index contributed by atoms with van der Waals surface area (Å²) in [5.41, 5.74) is 4.30. The SMILES string of the molecule is CCC1(C)CCN(c2cnc3c(N4CC[C@@H](C)c5ncccc54)n[nH]c3n2)CC1. The second-order valence-corrected chi connectivity index (χ2v) is 8.87. The van der Waals surface area contributed by atoms with Crippen LogP contribution in [0.1, 0.15) is 58.1 Å². The van der Waals surface area contributed by atoms with Crippen LogP contribution in [0.5, 0.6) is 0 Å². The Labute approximate surface area is 171 Å². The normalized spacial score (nSPS) is 21.4. The molecule has 0 radical (unpaired) electrons. The molecule has 3 aromatic rings. The third-order valence-electron chi connectivity index (χ3n) is 7.00. The molecule has 0 bridgehead atoms. The molecule has 152 valence electrons. The smallest absolute Gasteiger partial charge is 0.183 e. The number of fused-ring (bicyclic) bond motifs is 2. The number of nitrogens with zero attached hydrogens (tertiary/aromatic N) is 6. The predicted molar refractivity (Wildman–Crippen MR) is 116 cm³/mol. The number of hydrogen-bond acceptors (Lipinski definition) is 6. The van der Waals surface area contributed by atoms with Crippen LogP contribution >= 0.6 is 0 Å². The van der Waals surface area contributed by atoms with E-state index < -0.39 is 0 Å². The molecule has 7 nitrogen and oxygen atoms in total. The highest BCUT2D eigenvalue weighted by Gasteiger charge is 2.30. The number of aromatic amines is 1. The largest absolute Gasteiger partial charge is 0.355 e. The summed E-state index contributed by atoms with van der Waals surface area (Å²) < 4.78 is 0. The van der Waals surface area contributed by atoms with Gasteiger partial charge in [0.05, 0.1) is 17.6 Å². The third kappa shape index (κ3) is 3.12. The molecule has 0 spiro atoms. The minimum atomic E-state index is 0.457. The Hall–Kier alpha value is -2.70. The highest BCUT2D eigenvalue weighted by atomic mass is 15.3. The van der Waals surface area contributed by atoms with Crippen molar-refractivity contribution >= 4 is 28.5 Å². The van der Waals surface area contributed by atoms with Crippen molar-refractivity contribution in [1.82, 2.24) is 25.1 Å². The van der Waals surface area contributed by atoms with E-state index in [4.69, 9.17) is 9.97 Å². The minimum Gasteiger partial charge on any atom is -0.355 e. The Morgan fingerprint density at radius 1 is 1.21 bits per heavy atom. The lowest BCUT2D eigenvalue weighted by atomic mass is 9.78. The first-order chi connectivity index (χ1) is 14.1. The van der Waals surface area contributed by atoms with Gasteiger partial charge in [-0.25, -0.2) is 9.97 Å². The van der Waals surface area contributed by atoms with Crippen LogP contribution in [-0.4, -0.2) is 44.8 Å². The molecule has 1 atom stereocenters. The lowest BCUT2D eigenvalue weighted by Gasteiger charge is -2.39. The topological polar surface area (TPSA) is 73.8 Å². The zero-order chi connectivity index (χ0) is 20.0. The molecule has 7 heteroatoms. The fourth-order valence-corrected chi connectivity index (χ4v) is 4.57. The van der Waals surface area contributed by atoms with Gasteiger partial charge in [0.25, 0.3) is 0 Å². The molecular formula is C22H29N7. The van der Waals surface area contributed by atoms with E-state index in [1.807, 2.05) is 18.5 Å². The second-order valence-electron chi connectivity index (χ2n) is 8.87. The number of pyridine rings is 1. The van der Waals surface area contributed by atoms with Crippen molar-refractivity contribution in [2.45, 2.75) is 52.4 Å². The Morgan fingerprint density at radius 2 is 2.03 bits per heavy atom. The standard InChI is InChI=1S/C22H29N7/c1-4-22(3)8-12-28(13-9-22)17-14-24-19-20(25-17)26-27-21(19)29-11-7-15(2)18-16(29)6-5-10-23-18/h5-6,10,14-15H,4,7-9,11-13H2,1-3H3,(H,25,26,27)/t15-/m1/s1. The van der Waals surface area contributed by atoms with Crippen molar-refractivity contribution < 1.29 is 0 Å². The lowest BCUT2D eigenvalue weighted by molar-refractivity contribution is 0.238. The number of rotatable bonds is 3. The summed E-state index contributed by atoms with van der Waals surface area (Å²) in [5.74, 6) is 2.25. The van der Waals surface area contributed by atoms with Gasteiger partial charge in [-0.05, 0) is 36.8 Å². The van der Waals surface area contributed by atoms with Crippen LogP contribution in [0.4, 0.5) is 17.3 Å². The molecule has 5 rings (SSSR count). The molecule has 3 aromatic heterocycles. The summed E-state index contributed by atoms with van der Waals surface area (Å²) in [6.07, 6.45) is 8.47. The van der Waals surface area contributed by atoms with Gasteiger partial charge in [-0.3, -0.25) is 10.1 Å². The first-order valence-electron chi connectivity index (χ1n) is 10.8. The molecule has 0 amide bonds. The highest BCUT2D eigenvalue weighted by Crippen LogP contribution is 2.39. The van der Waals surface area contributed by atoms with Crippen LogP contribution in [0.2, 0.25) is 0 Å². The Balaban J connectivity index is 1.45. The summed E-state index contributed by atoms with van der Waals surface area (Å²) in [5, 5.41) is 7.72. The van der Waals surface area contributed by atoms with E-state index in [0.717, 1.165) is 60.2 Å². The summed E-state index contributed by atoms with van der Waals surface area (Å²) in [7, 11) is 0. The first-order valence-corrected chi connectivity index (χ1v) is 10.8. The average molecular weight is 392 g/mol. The van der Waals surface area contributed by atoms with Gasteiger partial charge in [0.2, 0.25) is 0 Å². The number of hydrogen-bond donors (Lipinski definition) is 1. The summed E-state index contributed by atoms with van der Waals surface area (Å²) in [6, 6.07) is 4.11. The molecule has 1 saturated heterocycles. The lowest BCUT2D eigenvalue weighted by Crippen LogP contribution is -2.38. The zero-order valence-electron chi connectivity index (χ0n) is 17.5. The van der Waals surface area contributed by atoms with Gasteiger partial charge in [0.1, 0.15) is 5.82 Å². The van der Waals surface area contributed by atoms with E-state index in [9.17, 15) is 0 Å². The highest BCUT2D eigenvalue weighted by molar-refractivity contribution is 5.87. The summed E-state index contributed by atoms with van der Waals surface area (Å²) >= 11 is 0. The minimum absolute atomic E-state index is 0.457. The van der Waals surface area contributed by atoms with Crippen molar-refractivity contribution in [3.8, 4) is 0 Å². The van der Waals surface area contributed by atoms with Gasteiger partial charge in [-0.1, -0.05) is 27.2 Å². The van der Waals surface area contributed by atoms with Gasteiger partial charge in [0, 0.05) is 31.7 Å². The maximum Gasteiger partial charge on any atom is 0.183 e. The second kappa shape index (κ2) is 6.97. The van der Waals surface area contributed by atoms with Crippen molar-refractivity contribution in [3.63, 3.8) is 0 Å². The Morgan fingerprint density at radius 3 is 2.83 bits per heavy atom. The van der Waals surface area contributed by atoms with Gasteiger partial charge < -0.3 is 9.80 Å². The molecular weight excluding hydrogens is 362 g/mol. The summed E-state index contributed by atoms with van der Waals surface area (Å²) in [4.78, 5) is 18.8. The molecule has 29 heavy (non-hydrogen) atoms. The van der Waals surface area contributed by atoms with Crippen molar-refractivity contribution in [2.75, 3.05) is 29.4 Å². The fourth-order valence-electron chi connectivity index (χ4n) is 4.57. The zero-order valence-corrected chi connectivity index (χ0v) is 17.5. The van der Waals surface area contributed by atoms with Gasteiger partial charge in [-0.15, -0.1) is 0 Å². The molecule has 0 saturated carbocycles. The van der Waals surface area contributed by atoms with Crippen LogP contribution in [0.15, 0.2) is 24.5 Å². The molecule has 5 heterocycles. The van der Waals surface area contributed by atoms with Crippen LogP contribution in [-0.2, 0) is 0 Å². The van der Waals surface area contributed by atoms with E-state index in [2.05, 4.69) is 51.8 Å². The Bertz CT molecular complexity index is 1020. The quantitative estimate of drug-likeness (QED) is 0.713. The number of piperidine rings is 1.